The first kappa shape index (κ1) is 32.0. The Morgan fingerprint density at radius 1 is 0.976 bits per heavy atom. The second-order valence-corrected chi connectivity index (χ2v) is 12.2. The van der Waals surface area contributed by atoms with Crippen LogP contribution in [0.1, 0.15) is 45.2 Å². The lowest BCUT2D eigenvalue weighted by Crippen LogP contribution is -2.52. The molecule has 0 aliphatic heterocycles. The molecule has 41 heavy (non-hydrogen) atoms. The maximum Gasteiger partial charge on any atom is 0.264 e. The summed E-state index contributed by atoms with van der Waals surface area (Å²) >= 11 is 6.20. The number of anilines is 1. The van der Waals surface area contributed by atoms with E-state index in [1.807, 2.05) is 20.8 Å². The molecule has 0 saturated heterocycles. The second kappa shape index (κ2) is 14.4. The van der Waals surface area contributed by atoms with Gasteiger partial charge in [-0.15, -0.1) is 0 Å². The molecule has 2 atom stereocenters. The number of hydrogen-bond donors (Lipinski definition) is 1. The first-order valence-corrected chi connectivity index (χ1v) is 15.4. The summed E-state index contributed by atoms with van der Waals surface area (Å²) in [6.07, 6.45) is 0.720. The largest absolute Gasteiger partial charge is 0.492 e. The lowest BCUT2D eigenvalue weighted by Gasteiger charge is -2.33. The number of rotatable bonds is 13. The van der Waals surface area contributed by atoms with Gasteiger partial charge in [0.2, 0.25) is 11.8 Å². The van der Waals surface area contributed by atoms with Crippen molar-refractivity contribution in [1.29, 1.82) is 0 Å². The topological polar surface area (TPSA) is 96.0 Å². The number of amides is 2. The van der Waals surface area contributed by atoms with Crippen LogP contribution in [0.25, 0.3) is 0 Å². The number of carbonyl (C=O) groups is 2. The van der Waals surface area contributed by atoms with E-state index in [-0.39, 0.29) is 29.1 Å². The number of sulfonamides is 1. The van der Waals surface area contributed by atoms with Crippen molar-refractivity contribution in [2.24, 2.45) is 0 Å². The highest BCUT2D eigenvalue weighted by molar-refractivity contribution is 7.92. The molecule has 0 fully saturated rings. The van der Waals surface area contributed by atoms with Crippen LogP contribution in [-0.4, -0.2) is 50.4 Å². The van der Waals surface area contributed by atoms with Crippen molar-refractivity contribution in [3.63, 3.8) is 0 Å². The fourth-order valence-corrected chi connectivity index (χ4v) is 5.81. The van der Waals surface area contributed by atoms with Crippen molar-refractivity contribution in [2.45, 2.75) is 64.6 Å². The Morgan fingerprint density at radius 2 is 1.66 bits per heavy atom. The van der Waals surface area contributed by atoms with Gasteiger partial charge in [-0.25, -0.2) is 8.42 Å². The molecule has 0 bridgehead atoms. The number of benzene rings is 3. The van der Waals surface area contributed by atoms with Crippen LogP contribution < -0.4 is 14.4 Å². The maximum absolute atomic E-state index is 14.1. The number of halogens is 1. The zero-order valence-corrected chi connectivity index (χ0v) is 25.7. The quantitative estimate of drug-likeness (QED) is 0.277. The second-order valence-electron chi connectivity index (χ2n) is 9.87. The van der Waals surface area contributed by atoms with Crippen molar-refractivity contribution in [3.05, 3.63) is 88.9 Å². The summed E-state index contributed by atoms with van der Waals surface area (Å²) in [5.74, 6) is -0.571. The minimum Gasteiger partial charge on any atom is -0.492 e. The first-order valence-electron chi connectivity index (χ1n) is 13.6. The molecule has 0 aromatic heterocycles. The zero-order chi connectivity index (χ0) is 30.2. The van der Waals surface area contributed by atoms with Gasteiger partial charge >= 0.3 is 0 Å². The standard InChI is InChI=1S/C31H38ClN3O5S/c1-6-23(4)33-31(37)24(5)34(20-25-11-10-12-26(32)19-25)30(36)21-35(28-13-8-9-14-29(28)40-7-2)41(38,39)27-17-15-22(3)16-18-27/h8-19,23-24H,6-7,20-21H2,1-5H3,(H,33,37). The van der Waals surface area contributed by atoms with Gasteiger partial charge in [-0.2, -0.15) is 0 Å². The van der Waals surface area contributed by atoms with Crippen LogP contribution in [0.3, 0.4) is 0 Å². The summed E-state index contributed by atoms with van der Waals surface area (Å²) in [5.41, 5.74) is 1.83. The molecule has 0 saturated carbocycles. The highest BCUT2D eigenvalue weighted by Crippen LogP contribution is 2.33. The van der Waals surface area contributed by atoms with Crippen LogP contribution >= 0.6 is 11.6 Å². The van der Waals surface area contributed by atoms with Gasteiger partial charge in [0.05, 0.1) is 17.2 Å². The van der Waals surface area contributed by atoms with E-state index in [0.29, 0.717) is 22.9 Å². The summed E-state index contributed by atoms with van der Waals surface area (Å²) < 4.78 is 34.9. The van der Waals surface area contributed by atoms with E-state index in [4.69, 9.17) is 16.3 Å². The number of ether oxygens (including phenoxy) is 1. The average Bonchev–Trinajstić information content (AvgIpc) is 2.95. The van der Waals surface area contributed by atoms with E-state index in [0.717, 1.165) is 16.3 Å². The molecule has 220 valence electrons. The van der Waals surface area contributed by atoms with Crippen molar-refractivity contribution < 1.29 is 22.7 Å². The molecule has 1 N–H and O–H groups in total. The molecule has 2 unspecified atom stereocenters. The minimum atomic E-state index is -4.20. The van der Waals surface area contributed by atoms with E-state index in [1.54, 1.807) is 74.5 Å². The maximum atomic E-state index is 14.1. The van der Waals surface area contributed by atoms with Gasteiger partial charge in [0.25, 0.3) is 10.0 Å². The predicted octanol–water partition coefficient (Wildman–Crippen LogP) is 5.57. The summed E-state index contributed by atoms with van der Waals surface area (Å²) in [4.78, 5) is 28.7. The van der Waals surface area contributed by atoms with Crippen LogP contribution in [0.5, 0.6) is 5.75 Å². The van der Waals surface area contributed by atoms with Crippen LogP contribution in [0.15, 0.2) is 77.7 Å². The van der Waals surface area contributed by atoms with Crippen molar-refractivity contribution >= 4 is 39.1 Å². The van der Waals surface area contributed by atoms with Crippen LogP contribution in [0.2, 0.25) is 5.02 Å². The Bertz CT molecular complexity index is 1450. The third kappa shape index (κ3) is 8.24. The van der Waals surface area contributed by atoms with Crippen molar-refractivity contribution in [2.75, 3.05) is 17.5 Å². The molecule has 0 aliphatic carbocycles. The van der Waals surface area contributed by atoms with E-state index in [2.05, 4.69) is 5.32 Å². The van der Waals surface area contributed by atoms with Crippen LogP contribution in [0, 0.1) is 6.92 Å². The Labute approximate surface area is 248 Å². The monoisotopic (exact) mass is 599 g/mol. The molecule has 2 amide bonds. The van der Waals surface area contributed by atoms with Crippen molar-refractivity contribution in [3.8, 4) is 5.75 Å². The van der Waals surface area contributed by atoms with E-state index >= 15 is 0 Å². The zero-order valence-electron chi connectivity index (χ0n) is 24.1. The van der Waals surface area contributed by atoms with Crippen molar-refractivity contribution in [1.82, 2.24) is 10.2 Å². The third-order valence-electron chi connectivity index (χ3n) is 6.73. The molecule has 0 aliphatic rings. The Hall–Kier alpha value is -3.56. The van der Waals surface area contributed by atoms with Crippen LogP contribution in [-0.2, 0) is 26.2 Å². The molecule has 0 spiro atoms. The van der Waals surface area contributed by atoms with Gasteiger partial charge in [-0.05, 0) is 76.1 Å². The number of aryl methyl sites for hydroxylation is 1. The van der Waals surface area contributed by atoms with Gasteiger partial charge in [0.15, 0.2) is 0 Å². The molecular weight excluding hydrogens is 562 g/mol. The Morgan fingerprint density at radius 3 is 2.29 bits per heavy atom. The number of nitrogens with zero attached hydrogens (tertiary/aromatic N) is 2. The molecule has 3 aromatic rings. The SMILES string of the molecule is CCOc1ccccc1N(CC(=O)N(Cc1cccc(Cl)c1)C(C)C(=O)NC(C)CC)S(=O)(=O)c1ccc(C)cc1. The first-order chi connectivity index (χ1) is 19.5. The van der Waals surface area contributed by atoms with Gasteiger partial charge in [-0.1, -0.05) is 60.5 Å². The summed E-state index contributed by atoms with van der Waals surface area (Å²) in [6, 6.07) is 19.1. The highest BCUT2D eigenvalue weighted by Gasteiger charge is 2.34. The molecule has 0 radical (unpaired) electrons. The molecule has 0 heterocycles. The average molecular weight is 600 g/mol. The van der Waals surface area contributed by atoms with Gasteiger partial charge in [0, 0.05) is 17.6 Å². The molecule has 3 aromatic carbocycles. The molecule has 8 nitrogen and oxygen atoms in total. The Balaban J connectivity index is 2.08. The van der Waals surface area contributed by atoms with Gasteiger partial charge in [-0.3, -0.25) is 13.9 Å². The lowest BCUT2D eigenvalue weighted by molar-refractivity contribution is -0.139. The van der Waals surface area contributed by atoms with Gasteiger partial charge in [0.1, 0.15) is 18.3 Å². The number of nitrogens with one attached hydrogen (secondary N) is 1. The number of para-hydroxylation sites is 2. The van der Waals surface area contributed by atoms with E-state index in [9.17, 15) is 18.0 Å². The Kier molecular flexibility index (Phi) is 11.2. The fraction of sp³-hybridized carbons (Fsp3) is 0.355. The molecular formula is C31H38ClN3O5S. The summed E-state index contributed by atoms with van der Waals surface area (Å²) in [5, 5.41) is 3.41. The smallest absolute Gasteiger partial charge is 0.264 e. The predicted molar refractivity (Wildman–Crippen MR) is 163 cm³/mol. The molecule has 10 heteroatoms. The number of carbonyl (C=O) groups excluding carboxylic acids is 2. The highest BCUT2D eigenvalue weighted by atomic mass is 35.5. The summed E-state index contributed by atoms with van der Waals surface area (Å²) in [7, 11) is -4.20. The van der Waals surface area contributed by atoms with Crippen LogP contribution in [0.4, 0.5) is 5.69 Å². The number of hydrogen-bond acceptors (Lipinski definition) is 5. The fourth-order valence-electron chi connectivity index (χ4n) is 4.17. The lowest BCUT2D eigenvalue weighted by atomic mass is 10.1. The minimum absolute atomic E-state index is 0.0335. The van der Waals surface area contributed by atoms with E-state index in [1.165, 1.54) is 17.0 Å². The summed E-state index contributed by atoms with van der Waals surface area (Å²) in [6.45, 7) is 8.93. The third-order valence-corrected chi connectivity index (χ3v) is 8.74. The normalized spacial score (nSPS) is 12.7. The van der Waals surface area contributed by atoms with Gasteiger partial charge < -0.3 is 15.0 Å². The van der Waals surface area contributed by atoms with E-state index < -0.39 is 28.5 Å². The molecule has 3 rings (SSSR count).